The van der Waals surface area contributed by atoms with E-state index < -0.39 is 6.04 Å². The molecule has 0 spiro atoms. The first-order chi connectivity index (χ1) is 17.4. The molecule has 0 saturated heterocycles. The fraction of sp³-hybridized carbons (Fsp3) is 0.286. The lowest BCUT2D eigenvalue weighted by Crippen LogP contribution is -2.33. The third-order valence-electron chi connectivity index (χ3n) is 6.68. The molecule has 1 aliphatic rings. The Hall–Kier alpha value is -3.78. The quantitative estimate of drug-likeness (QED) is 0.363. The van der Waals surface area contributed by atoms with Gasteiger partial charge in [0.25, 0.3) is 5.56 Å². The number of rotatable bonds is 6. The molecule has 2 N–H and O–H groups in total. The number of carbonyl (C=O) groups is 2. The average Bonchev–Trinajstić information content (AvgIpc) is 3.31. The summed E-state index contributed by atoms with van der Waals surface area (Å²) in [6.45, 7) is 3.31. The predicted molar refractivity (Wildman–Crippen MR) is 145 cm³/mol. The lowest BCUT2D eigenvalue weighted by Gasteiger charge is -2.18. The SMILES string of the molecule is CCC(C(=O)Nc1ccc(NC(C)=O)cc1)n1cnc2scc(-c3ccc4c(c3)CCCC4)c2c1=O. The van der Waals surface area contributed by atoms with E-state index in [1.165, 1.54) is 53.1 Å². The van der Waals surface area contributed by atoms with Crippen LogP contribution in [-0.2, 0) is 22.4 Å². The molecule has 2 aromatic heterocycles. The van der Waals surface area contributed by atoms with Crippen LogP contribution in [0.3, 0.4) is 0 Å². The van der Waals surface area contributed by atoms with Crippen LogP contribution in [0.15, 0.2) is 59.0 Å². The molecule has 0 saturated carbocycles. The highest BCUT2D eigenvalue weighted by atomic mass is 32.1. The highest BCUT2D eigenvalue weighted by Crippen LogP contribution is 2.34. The standard InChI is InChI=1S/C28H28N4O3S/c1-3-24(26(34)31-22-12-10-21(11-13-22)30-17(2)33)32-16-29-27-25(28(32)35)23(15-36-27)20-9-8-18-6-4-5-7-19(18)14-20/h8-16,24H,3-7H2,1-2H3,(H,30,33)(H,31,34). The normalized spacial score (nSPS) is 13.7. The zero-order valence-corrected chi connectivity index (χ0v) is 21.2. The topological polar surface area (TPSA) is 93.1 Å². The number of carbonyl (C=O) groups excluding carboxylic acids is 2. The van der Waals surface area contributed by atoms with Crippen molar-refractivity contribution in [1.82, 2.24) is 9.55 Å². The summed E-state index contributed by atoms with van der Waals surface area (Å²) in [5.74, 6) is -0.457. The Labute approximate surface area is 213 Å². The first-order valence-corrected chi connectivity index (χ1v) is 13.1. The molecule has 2 heterocycles. The van der Waals surface area contributed by atoms with Crippen LogP contribution < -0.4 is 16.2 Å². The van der Waals surface area contributed by atoms with Gasteiger partial charge in [-0.15, -0.1) is 11.3 Å². The van der Waals surface area contributed by atoms with Gasteiger partial charge in [0, 0.05) is 29.2 Å². The molecule has 0 radical (unpaired) electrons. The number of hydrogen-bond acceptors (Lipinski definition) is 5. The van der Waals surface area contributed by atoms with Gasteiger partial charge in [-0.1, -0.05) is 25.1 Å². The van der Waals surface area contributed by atoms with Gasteiger partial charge >= 0.3 is 0 Å². The van der Waals surface area contributed by atoms with Crippen molar-refractivity contribution >= 4 is 44.7 Å². The van der Waals surface area contributed by atoms with Gasteiger partial charge in [0.2, 0.25) is 11.8 Å². The van der Waals surface area contributed by atoms with Crippen LogP contribution in [0.1, 0.15) is 50.3 Å². The molecule has 0 bridgehead atoms. The Kier molecular flexibility index (Phi) is 6.69. The third-order valence-corrected chi connectivity index (χ3v) is 7.56. The maximum absolute atomic E-state index is 13.7. The van der Waals surface area contributed by atoms with Gasteiger partial charge in [0.15, 0.2) is 0 Å². The first-order valence-electron chi connectivity index (χ1n) is 12.2. The van der Waals surface area contributed by atoms with Gasteiger partial charge in [-0.25, -0.2) is 4.98 Å². The third kappa shape index (κ3) is 4.68. The fourth-order valence-corrected chi connectivity index (χ4v) is 5.76. The van der Waals surface area contributed by atoms with Gasteiger partial charge in [0.05, 0.1) is 11.7 Å². The van der Waals surface area contributed by atoms with E-state index in [-0.39, 0.29) is 17.4 Å². The maximum atomic E-state index is 13.7. The molecular weight excluding hydrogens is 472 g/mol. The van der Waals surface area contributed by atoms with Crippen molar-refractivity contribution in [2.75, 3.05) is 10.6 Å². The molecule has 0 fully saturated rings. The van der Waals surface area contributed by atoms with Crippen molar-refractivity contribution < 1.29 is 9.59 Å². The molecule has 5 rings (SSSR count). The van der Waals surface area contributed by atoms with Crippen LogP contribution >= 0.6 is 11.3 Å². The summed E-state index contributed by atoms with van der Waals surface area (Å²) in [5, 5.41) is 8.13. The Morgan fingerprint density at radius 2 is 1.72 bits per heavy atom. The van der Waals surface area contributed by atoms with E-state index in [1.54, 1.807) is 24.3 Å². The average molecular weight is 501 g/mol. The number of amides is 2. The molecule has 36 heavy (non-hydrogen) atoms. The summed E-state index contributed by atoms with van der Waals surface area (Å²) in [5.41, 5.74) is 5.67. The van der Waals surface area contributed by atoms with Crippen LogP contribution in [0.25, 0.3) is 21.3 Å². The number of thiophene rings is 1. The van der Waals surface area contributed by atoms with Crippen LogP contribution in [0.2, 0.25) is 0 Å². The summed E-state index contributed by atoms with van der Waals surface area (Å²) < 4.78 is 1.44. The minimum absolute atomic E-state index is 0.164. The summed E-state index contributed by atoms with van der Waals surface area (Å²) in [6.07, 6.45) is 6.50. The number of aryl methyl sites for hydroxylation is 2. The smallest absolute Gasteiger partial charge is 0.263 e. The van der Waals surface area contributed by atoms with Gasteiger partial charge < -0.3 is 10.6 Å². The van der Waals surface area contributed by atoms with Crippen LogP contribution in [0.4, 0.5) is 11.4 Å². The van der Waals surface area contributed by atoms with Gasteiger partial charge in [-0.05, 0) is 73.1 Å². The van der Waals surface area contributed by atoms with E-state index >= 15 is 0 Å². The second kappa shape index (κ2) is 10.1. The summed E-state index contributed by atoms with van der Waals surface area (Å²) in [4.78, 5) is 43.3. The van der Waals surface area contributed by atoms with Gasteiger partial charge in [-0.3, -0.25) is 19.0 Å². The van der Waals surface area contributed by atoms with E-state index in [0.29, 0.717) is 28.0 Å². The van der Waals surface area contributed by atoms with Crippen LogP contribution in [0, 0.1) is 0 Å². The highest BCUT2D eigenvalue weighted by Gasteiger charge is 2.23. The van der Waals surface area contributed by atoms with E-state index in [9.17, 15) is 14.4 Å². The van der Waals surface area contributed by atoms with Crippen molar-refractivity contribution in [3.8, 4) is 11.1 Å². The van der Waals surface area contributed by atoms with Crippen molar-refractivity contribution in [3.63, 3.8) is 0 Å². The second-order valence-corrected chi connectivity index (χ2v) is 10.0. The summed E-state index contributed by atoms with van der Waals surface area (Å²) in [6, 6.07) is 12.6. The minimum Gasteiger partial charge on any atom is -0.326 e. The molecule has 0 aliphatic heterocycles. The zero-order valence-electron chi connectivity index (χ0n) is 20.3. The largest absolute Gasteiger partial charge is 0.326 e. The predicted octanol–water partition coefficient (Wildman–Crippen LogP) is 5.55. The Morgan fingerprint density at radius 3 is 2.42 bits per heavy atom. The van der Waals surface area contributed by atoms with Crippen molar-refractivity contribution in [1.29, 1.82) is 0 Å². The number of hydrogen-bond donors (Lipinski definition) is 2. The molecule has 184 valence electrons. The molecule has 4 aromatic rings. The zero-order chi connectivity index (χ0) is 25.2. The molecule has 1 aliphatic carbocycles. The maximum Gasteiger partial charge on any atom is 0.263 e. The summed E-state index contributed by atoms with van der Waals surface area (Å²) >= 11 is 1.45. The lowest BCUT2D eigenvalue weighted by molar-refractivity contribution is -0.119. The van der Waals surface area contributed by atoms with Crippen molar-refractivity contribution in [3.05, 3.63) is 75.7 Å². The molecule has 7 nitrogen and oxygen atoms in total. The van der Waals surface area contributed by atoms with Crippen LogP contribution in [-0.4, -0.2) is 21.4 Å². The number of aromatic nitrogens is 2. The van der Waals surface area contributed by atoms with Crippen molar-refractivity contribution in [2.45, 2.75) is 52.0 Å². The Morgan fingerprint density at radius 1 is 1.03 bits per heavy atom. The Balaban J connectivity index is 1.45. The molecule has 1 unspecified atom stereocenters. The second-order valence-electron chi connectivity index (χ2n) is 9.15. The fourth-order valence-electron chi connectivity index (χ4n) is 4.86. The van der Waals surface area contributed by atoms with Crippen LogP contribution in [0.5, 0.6) is 0 Å². The monoisotopic (exact) mass is 500 g/mol. The number of benzene rings is 2. The van der Waals surface area contributed by atoms with E-state index in [0.717, 1.165) is 24.0 Å². The number of nitrogens with zero attached hydrogens (tertiary/aromatic N) is 2. The number of anilines is 2. The van der Waals surface area contributed by atoms with Crippen molar-refractivity contribution in [2.24, 2.45) is 0 Å². The summed E-state index contributed by atoms with van der Waals surface area (Å²) in [7, 11) is 0. The minimum atomic E-state index is -0.708. The van der Waals surface area contributed by atoms with Gasteiger partial charge in [0.1, 0.15) is 10.9 Å². The molecule has 2 amide bonds. The van der Waals surface area contributed by atoms with E-state index in [1.807, 2.05) is 12.3 Å². The molecule has 1 atom stereocenters. The number of nitrogens with one attached hydrogen (secondary N) is 2. The van der Waals surface area contributed by atoms with E-state index in [4.69, 9.17) is 0 Å². The molecular formula is C28H28N4O3S. The molecule has 2 aromatic carbocycles. The lowest BCUT2D eigenvalue weighted by atomic mass is 9.89. The van der Waals surface area contributed by atoms with Gasteiger partial charge in [-0.2, -0.15) is 0 Å². The van der Waals surface area contributed by atoms with E-state index in [2.05, 4.69) is 33.8 Å². The Bertz CT molecular complexity index is 1500. The highest BCUT2D eigenvalue weighted by molar-refractivity contribution is 7.17. The molecule has 8 heteroatoms. The first kappa shape index (κ1) is 23.9. The number of fused-ring (bicyclic) bond motifs is 2.